The summed E-state index contributed by atoms with van der Waals surface area (Å²) in [6, 6.07) is 6.44. The van der Waals surface area contributed by atoms with Gasteiger partial charge >= 0.3 is 6.09 Å². The third kappa shape index (κ3) is 10.6. The summed E-state index contributed by atoms with van der Waals surface area (Å²) in [5, 5.41) is 10.3. The van der Waals surface area contributed by atoms with Crippen LogP contribution in [0.15, 0.2) is 24.3 Å². The summed E-state index contributed by atoms with van der Waals surface area (Å²) in [5.74, 6) is 0. The number of nitro benzene ring substituents is 1. The Bertz CT molecular complexity index is 469. The lowest BCUT2D eigenvalue weighted by molar-refractivity contribution is -0.870. The van der Waals surface area contributed by atoms with Crippen LogP contribution in [0.25, 0.3) is 0 Å². The van der Waals surface area contributed by atoms with E-state index in [0.717, 1.165) is 23.0 Å². The average molecular weight is 313 g/mol. The second-order valence-corrected chi connectivity index (χ2v) is 5.64. The number of benzene rings is 1. The van der Waals surface area contributed by atoms with Gasteiger partial charge in [0.05, 0.1) is 26.1 Å². The van der Waals surface area contributed by atoms with Crippen LogP contribution in [0.5, 0.6) is 0 Å². The summed E-state index contributed by atoms with van der Waals surface area (Å²) >= 11 is 0. The van der Waals surface area contributed by atoms with Crippen LogP contribution in [-0.4, -0.2) is 56.3 Å². The summed E-state index contributed by atoms with van der Waals surface area (Å²) in [5.41, 5.74) is 11.2. The molecule has 8 heteroatoms. The molecule has 1 amide bonds. The minimum atomic E-state index is -0.701. The molecule has 0 aliphatic carbocycles. The number of carbonyl (C=O) groups is 1. The smallest absolute Gasteiger partial charge is 0.404 e. The molecule has 124 valence electrons. The molecular weight excluding hydrogens is 288 g/mol. The molecule has 0 aromatic heterocycles. The average Bonchev–Trinajstić information content (AvgIpc) is 2.38. The van der Waals surface area contributed by atoms with Crippen molar-refractivity contribution >= 4 is 11.8 Å². The zero-order chi connectivity index (χ0) is 17.2. The number of rotatable bonds is 6. The fourth-order valence-electron chi connectivity index (χ4n) is 1.37. The fraction of sp³-hybridized carbons (Fsp3) is 0.500. The summed E-state index contributed by atoms with van der Waals surface area (Å²) < 4.78 is 5.31. The van der Waals surface area contributed by atoms with Crippen LogP contribution in [0, 0.1) is 10.1 Å². The van der Waals surface area contributed by atoms with E-state index in [2.05, 4.69) is 4.74 Å². The highest BCUT2D eigenvalue weighted by molar-refractivity contribution is 5.64. The van der Waals surface area contributed by atoms with Crippen molar-refractivity contribution in [3.63, 3.8) is 0 Å². The molecule has 0 radical (unpaired) electrons. The van der Waals surface area contributed by atoms with E-state index in [1.54, 1.807) is 12.1 Å². The van der Waals surface area contributed by atoms with E-state index in [9.17, 15) is 14.9 Å². The molecule has 0 aliphatic heterocycles. The molecule has 22 heavy (non-hydrogen) atoms. The summed E-state index contributed by atoms with van der Waals surface area (Å²) in [7, 11) is 6.05. The van der Waals surface area contributed by atoms with Crippen LogP contribution in [0.2, 0.25) is 0 Å². The van der Waals surface area contributed by atoms with Crippen molar-refractivity contribution in [2.45, 2.75) is 6.42 Å². The van der Waals surface area contributed by atoms with Crippen LogP contribution in [0.3, 0.4) is 0 Å². The Hall–Kier alpha value is -2.19. The fourth-order valence-corrected chi connectivity index (χ4v) is 1.37. The lowest BCUT2D eigenvalue weighted by Crippen LogP contribution is -2.38. The Morgan fingerprint density at radius 3 is 2.18 bits per heavy atom. The number of ether oxygens (including phenoxy) is 1. The zero-order valence-corrected chi connectivity index (χ0v) is 13.3. The Labute approximate surface area is 130 Å². The van der Waals surface area contributed by atoms with Gasteiger partial charge in [-0.2, -0.15) is 0 Å². The van der Waals surface area contributed by atoms with Crippen molar-refractivity contribution in [2.24, 2.45) is 11.5 Å². The van der Waals surface area contributed by atoms with E-state index in [0.29, 0.717) is 13.2 Å². The van der Waals surface area contributed by atoms with Gasteiger partial charge in [0.15, 0.2) is 0 Å². The van der Waals surface area contributed by atoms with Crippen LogP contribution < -0.4 is 11.5 Å². The molecule has 0 aliphatic rings. The monoisotopic (exact) mass is 313 g/mol. The number of likely N-dealkylation sites (N-methyl/N-ethyl adjacent to an activating group) is 1. The van der Waals surface area contributed by atoms with E-state index in [4.69, 9.17) is 11.5 Å². The maximum Gasteiger partial charge on any atom is 0.404 e. The number of non-ortho nitro benzene ring substituents is 1. The van der Waals surface area contributed by atoms with E-state index < -0.39 is 11.0 Å². The number of nitrogens with two attached hydrogens (primary N) is 2. The zero-order valence-electron chi connectivity index (χ0n) is 13.3. The highest BCUT2D eigenvalue weighted by Gasteiger charge is 2.06. The molecule has 1 aromatic rings. The van der Waals surface area contributed by atoms with E-state index in [1.807, 2.05) is 21.1 Å². The molecule has 0 fully saturated rings. The first-order valence-electron chi connectivity index (χ1n) is 6.82. The molecule has 0 bridgehead atoms. The number of nitro groups is 1. The predicted octanol–water partition coefficient (Wildman–Crippen LogP) is 0.884. The quantitative estimate of drug-likeness (QED) is 0.459. The highest BCUT2D eigenvalue weighted by Crippen LogP contribution is 2.11. The SMILES string of the molecule is C[N+](C)(C)CCOC(N)=O.NCCc1ccc([N+](=O)[O-])cc1. The first-order chi connectivity index (χ1) is 10.2. The lowest BCUT2D eigenvalue weighted by atomic mass is 10.1. The second kappa shape index (κ2) is 9.69. The van der Waals surface area contributed by atoms with Gasteiger partial charge in [-0.1, -0.05) is 12.1 Å². The van der Waals surface area contributed by atoms with Crippen LogP contribution in [-0.2, 0) is 11.2 Å². The first kappa shape index (κ1) is 19.8. The third-order valence-corrected chi connectivity index (χ3v) is 2.59. The van der Waals surface area contributed by atoms with Crippen molar-refractivity contribution in [1.29, 1.82) is 0 Å². The van der Waals surface area contributed by atoms with Gasteiger partial charge in [-0.3, -0.25) is 10.1 Å². The molecule has 0 spiro atoms. The van der Waals surface area contributed by atoms with Gasteiger partial charge < -0.3 is 20.7 Å². The molecule has 1 aromatic carbocycles. The minimum Gasteiger partial charge on any atom is -0.444 e. The maximum absolute atomic E-state index is 10.3. The van der Waals surface area contributed by atoms with Crippen LogP contribution in [0.4, 0.5) is 10.5 Å². The van der Waals surface area contributed by atoms with Crippen molar-refractivity contribution in [1.82, 2.24) is 0 Å². The minimum absolute atomic E-state index is 0.121. The second-order valence-electron chi connectivity index (χ2n) is 5.64. The van der Waals surface area contributed by atoms with E-state index in [1.165, 1.54) is 12.1 Å². The molecule has 4 N–H and O–H groups in total. The Morgan fingerprint density at radius 1 is 1.27 bits per heavy atom. The van der Waals surface area contributed by atoms with Crippen LogP contribution >= 0.6 is 0 Å². The Kier molecular flexibility index (Phi) is 8.73. The molecule has 0 atom stereocenters. The van der Waals surface area contributed by atoms with Crippen molar-refractivity contribution in [3.8, 4) is 0 Å². The molecule has 0 heterocycles. The van der Waals surface area contributed by atoms with Gasteiger partial charge in [0.25, 0.3) is 5.69 Å². The highest BCUT2D eigenvalue weighted by atomic mass is 16.6. The third-order valence-electron chi connectivity index (χ3n) is 2.59. The molecule has 8 nitrogen and oxygen atoms in total. The molecule has 1 rings (SSSR count). The van der Waals surface area contributed by atoms with Gasteiger partial charge in [-0.05, 0) is 18.5 Å². The topological polar surface area (TPSA) is 121 Å². The Morgan fingerprint density at radius 2 is 1.82 bits per heavy atom. The molecule has 0 unspecified atom stereocenters. The van der Waals surface area contributed by atoms with Gasteiger partial charge in [0.1, 0.15) is 13.2 Å². The number of hydrogen-bond donors (Lipinski definition) is 2. The summed E-state index contributed by atoms with van der Waals surface area (Å²) in [4.78, 5) is 19.9. The molecule has 0 saturated heterocycles. The number of nitrogens with zero attached hydrogens (tertiary/aromatic N) is 2. The van der Waals surface area contributed by atoms with Gasteiger partial charge in [0.2, 0.25) is 0 Å². The van der Waals surface area contributed by atoms with Crippen molar-refractivity contribution < 1.29 is 18.9 Å². The number of hydrogen-bond acceptors (Lipinski definition) is 5. The van der Waals surface area contributed by atoms with Gasteiger partial charge in [0, 0.05) is 12.1 Å². The first-order valence-corrected chi connectivity index (χ1v) is 6.82. The maximum atomic E-state index is 10.3. The lowest BCUT2D eigenvalue weighted by Gasteiger charge is -2.22. The Balaban J connectivity index is 0.000000409. The standard InChI is InChI=1S/C8H10N2O2.C6H14N2O2/c9-6-5-7-1-3-8(4-2-7)10(11)12;1-8(2,3)4-5-10-6(7)9/h1-4H,5-6,9H2;4-5H2,1-3H3,(H-,7,9)/p+1. The molecule has 0 saturated carbocycles. The normalized spacial score (nSPS) is 10.4. The van der Waals surface area contributed by atoms with E-state index in [-0.39, 0.29) is 5.69 Å². The van der Waals surface area contributed by atoms with Crippen LogP contribution in [0.1, 0.15) is 5.56 Å². The van der Waals surface area contributed by atoms with Gasteiger partial charge in [-0.15, -0.1) is 0 Å². The number of carbonyl (C=O) groups excluding carboxylic acids is 1. The molecular formula is C14H25N4O4+. The number of quaternary nitrogens is 1. The number of amides is 1. The van der Waals surface area contributed by atoms with E-state index >= 15 is 0 Å². The summed E-state index contributed by atoms with van der Waals surface area (Å²) in [6.07, 6.45) is 0.0614. The largest absolute Gasteiger partial charge is 0.444 e. The van der Waals surface area contributed by atoms with Crippen molar-refractivity contribution in [2.75, 3.05) is 40.8 Å². The van der Waals surface area contributed by atoms with Crippen molar-refractivity contribution in [3.05, 3.63) is 39.9 Å². The summed E-state index contributed by atoms with van der Waals surface area (Å²) in [6.45, 7) is 1.74. The predicted molar refractivity (Wildman–Crippen MR) is 84.3 cm³/mol. The number of primary amides is 1. The van der Waals surface area contributed by atoms with Gasteiger partial charge in [-0.25, -0.2) is 4.79 Å².